The lowest BCUT2D eigenvalue weighted by Crippen LogP contribution is -2.39. The van der Waals surface area contributed by atoms with E-state index < -0.39 is 23.4 Å². The smallest absolute Gasteiger partial charge is 0.319 e. The van der Waals surface area contributed by atoms with Gasteiger partial charge in [-0.25, -0.2) is 13.6 Å². The normalized spacial score (nSPS) is 19.5. The molecule has 2 N–H and O–H groups in total. The Balaban J connectivity index is 1.66. The highest BCUT2D eigenvalue weighted by Gasteiger charge is 2.30. The van der Waals surface area contributed by atoms with Gasteiger partial charge in [-0.2, -0.15) is 0 Å². The maximum Gasteiger partial charge on any atom is 0.319 e. The third kappa shape index (κ3) is 3.88. The van der Waals surface area contributed by atoms with Crippen LogP contribution in [0.1, 0.15) is 18.1 Å². The number of nitrogens with one attached hydrogen (secondary N) is 2. The van der Waals surface area contributed by atoms with Gasteiger partial charge >= 0.3 is 6.03 Å². The van der Waals surface area contributed by atoms with E-state index in [0.717, 1.165) is 17.7 Å². The minimum absolute atomic E-state index is 0.00322. The van der Waals surface area contributed by atoms with Crippen molar-refractivity contribution in [2.45, 2.75) is 18.6 Å². The lowest BCUT2D eigenvalue weighted by atomic mass is 10.0. The van der Waals surface area contributed by atoms with Crippen LogP contribution >= 0.6 is 0 Å². The second kappa shape index (κ2) is 7.48. The molecule has 1 heterocycles. The number of benzene rings is 2. The van der Waals surface area contributed by atoms with Gasteiger partial charge in [0.15, 0.2) is 17.4 Å². The average molecular weight is 348 g/mol. The Kier molecular flexibility index (Phi) is 5.14. The number of hydrogen-bond donors (Lipinski definition) is 2. The van der Waals surface area contributed by atoms with Gasteiger partial charge in [0.1, 0.15) is 6.10 Å². The first-order valence-electron chi connectivity index (χ1n) is 7.85. The lowest BCUT2D eigenvalue weighted by molar-refractivity contribution is 0.100. The summed E-state index contributed by atoms with van der Waals surface area (Å²) >= 11 is 0. The molecule has 2 aromatic rings. The fourth-order valence-electron chi connectivity index (χ4n) is 2.87. The predicted molar refractivity (Wildman–Crippen MR) is 88.6 cm³/mol. The van der Waals surface area contributed by atoms with Gasteiger partial charge in [0.25, 0.3) is 0 Å². The first kappa shape index (κ1) is 17.2. The number of carbonyl (C=O) groups excluding carboxylic acids is 1. The number of anilines is 1. The lowest BCUT2D eigenvalue weighted by Gasteiger charge is -2.20. The number of methoxy groups -OCH3 is 1. The monoisotopic (exact) mass is 348 g/mol. The molecular formula is C18H18F2N2O3. The molecule has 5 nitrogen and oxygen atoms in total. The van der Waals surface area contributed by atoms with Gasteiger partial charge < -0.3 is 20.1 Å². The third-order valence-electron chi connectivity index (χ3n) is 4.00. The number of ether oxygens (including phenoxy) is 2. The van der Waals surface area contributed by atoms with Crippen molar-refractivity contribution < 1.29 is 23.0 Å². The van der Waals surface area contributed by atoms with Crippen molar-refractivity contribution in [3.05, 3.63) is 59.7 Å². The van der Waals surface area contributed by atoms with E-state index in [9.17, 15) is 13.6 Å². The Labute approximate surface area is 143 Å². The fourth-order valence-corrected chi connectivity index (χ4v) is 2.87. The van der Waals surface area contributed by atoms with E-state index in [1.807, 2.05) is 30.3 Å². The van der Waals surface area contributed by atoms with Gasteiger partial charge in [-0.3, -0.25) is 0 Å². The highest BCUT2D eigenvalue weighted by Crippen LogP contribution is 2.29. The molecule has 1 saturated heterocycles. The van der Waals surface area contributed by atoms with Crippen LogP contribution in [0.5, 0.6) is 5.75 Å². The van der Waals surface area contributed by atoms with Crippen molar-refractivity contribution in [1.82, 2.24) is 5.32 Å². The summed E-state index contributed by atoms with van der Waals surface area (Å²) in [5.74, 6) is -2.26. The second-order valence-electron chi connectivity index (χ2n) is 5.67. The molecule has 2 atom stereocenters. The molecule has 1 aliphatic heterocycles. The molecule has 0 bridgehead atoms. The van der Waals surface area contributed by atoms with E-state index in [-0.39, 0.29) is 17.8 Å². The van der Waals surface area contributed by atoms with Crippen LogP contribution in [-0.4, -0.2) is 25.8 Å². The average Bonchev–Trinajstić information content (AvgIpc) is 3.03. The summed E-state index contributed by atoms with van der Waals surface area (Å²) in [5, 5.41) is 5.22. The van der Waals surface area contributed by atoms with Crippen molar-refractivity contribution >= 4 is 11.7 Å². The quantitative estimate of drug-likeness (QED) is 0.887. The molecular weight excluding hydrogens is 330 g/mol. The predicted octanol–water partition coefficient (Wildman–Crippen LogP) is 3.63. The van der Waals surface area contributed by atoms with Crippen LogP contribution in [0.15, 0.2) is 42.5 Å². The van der Waals surface area contributed by atoms with Crippen molar-refractivity contribution in [3.8, 4) is 5.75 Å². The van der Waals surface area contributed by atoms with Gasteiger partial charge in [0.2, 0.25) is 0 Å². The van der Waals surface area contributed by atoms with Gasteiger partial charge in [-0.05, 0) is 12.0 Å². The molecule has 0 spiro atoms. The zero-order chi connectivity index (χ0) is 17.8. The topological polar surface area (TPSA) is 59.6 Å². The van der Waals surface area contributed by atoms with Gasteiger partial charge in [0.05, 0.1) is 13.2 Å². The number of halogens is 2. The van der Waals surface area contributed by atoms with E-state index >= 15 is 0 Å². The van der Waals surface area contributed by atoms with Crippen LogP contribution in [0.25, 0.3) is 0 Å². The minimum atomic E-state index is -0.885. The molecule has 1 aliphatic rings. The SMILES string of the molecule is COc1c(F)cc(NC(=O)N[C@@H]2CCO[C@H]2c2ccccc2)cc1F. The first-order valence-corrected chi connectivity index (χ1v) is 7.85. The summed E-state index contributed by atoms with van der Waals surface area (Å²) in [6.45, 7) is 0.524. The van der Waals surface area contributed by atoms with E-state index in [1.54, 1.807) is 0 Å². The standard InChI is InChI=1S/C18H18F2N2O3/c1-24-17-13(19)9-12(10-14(17)20)21-18(23)22-15-7-8-25-16(15)11-5-3-2-4-6-11/h2-6,9-10,15-16H,7-8H2,1H3,(H2,21,22,23)/t15-,16+/m1/s1. The zero-order valence-corrected chi connectivity index (χ0v) is 13.6. The van der Waals surface area contributed by atoms with Crippen LogP contribution < -0.4 is 15.4 Å². The summed E-state index contributed by atoms with van der Waals surface area (Å²) in [4.78, 5) is 12.2. The van der Waals surface area contributed by atoms with E-state index in [4.69, 9.17) is 4.74 Å². The number of amides is 2. The number of rotatable bonds is 4. The molecule has 0 aliphatic carbocycles. The summed E-state index contributed by atoms with van der Waals surface area (Å²) < 4.78 is 37.7. The number of carbonyl (C=O) groups is 1. The van der Waals surface area contributed by atoms with Gasteiger partial charge in [-0.1, -0.05) is 30.3 Å². The Morgan fingerprint density at radius 1 is 1.20 bits per heavy atom. The summed E-state index contributed by atoms with van der Waals surface area (Å²) in [5.41, 5.74) is 0.968. The highest BCUT2D eigenvalue weighted by atomic mass is 19.1. The molecule has 2 amide bonds. The van der Waals surface area contributed by atoms with Crippen LogP contribution in [0.3, 0.4) is 0 Å². The molecule has 0 aromatic heterocycles. The van der Waals surface area contributed by atoms with E-state index in [1.165, 1.54) is 7.11 Å². The summed E-state index contributed by atoms with van der Waals surface area (Å²) in [6, 6.07) is 10.8. The molecule has 2 aromatic carbocycles. The van der Waals surface area contributed by atoms with Crippen LogP contribution in [0.2, 0.25) is 0 Å². The molecule has 0 saturated carbocycles. The molecule has 7 heteroatoms. The molecule has 0 radical (unpaired) electrons. The van der Waals surface area contributed by atoms with E-state index in [2.05, 4.69) is 15.4 Å². The molecule has 3 rings (SSSR count). The molecule has 0 unspecified atom stereocenters. The minimum Gasteiger partial charge on any atom is -0.491 e. The Bertz CT molecular complexity index is 732. The Morgan fingerprint density at radius 2 is 1.88 bits per heavy atom. The number of urea groups is 1. The fraction of sp³-hybridized carbons (Fsp3) is 0.278. The molecule has 25 heavy (non-hydrogen) atoms. The Hall–Kier alpha value is -2.67. The first-order chi connectivity index (χ1) is 12.1. The molecule has 1 fully saturated rings. The molecule has 132 valence electrons. The van der Waals surface area contributed by atoms with Crippen LogP contribution in [0.4, 0.5) is 19.3 Å². The van der Waals surface area contributed by atoms with Crippen LogP contribution in [-0.2, 0) is 4.74 Å². The van der Waals surface area contributed by atoms with Crippen molar-refractivity contribution in [2.75, 3.05) is 19.0 Å². The summed E-state index contributed by atoms with van der Waals surface area (Å²) in [6.07, 6.45) is 0.398. The third-order valence-corrected chi connectivity index (χ3v) is 4.00. The van der Waals surface area contributed by atoms with Gasteiger partial charge in [0, 0.05) is 24.4 Å². The summed E-state index contributed by atoms with van der Waals surface area (Å²) in [7, 11) is 1.17. The number of hydrogen-bond acceptors (Lipinski definition) is 3. The van der Waals surface area contributed by atoms with Gasteiger partial charge in [-0.15, -0.1) is 0 Å². The maximum absolute atomic E-state index is 13.7. The second-order valence-corrected chi connectivity index (χ2v) is 5.67. The van der Waals surface area contributed by atoms with Crippen molar-refractivity contribution in [3.63, 3.8) is 0 Å². The zero-order valence-electron chi connectivity index (χ0n) is 13.6. The maximum atomic E-state index is 13.7. The largest absolute Gasteiger partial charge is 0.491 e. The van der Waals surface area contributed by atoms with Crippen molar-refractivity contribution in [2.24, 2.45) is 0 Å². The highest BCUT2D eigenvalue weighted by molar-refractivity contribution is 5.89. The Morgan fingerprint density at radius 3 is 2.52 bits per heavy atom. The van der Waals surface area contributed by atoms with E-state index in [0.29, 0.717) is 13.0 Å². The van der Waals surface area contributed by atoms with Crippen molar-refractivity contribution in [1.29, 1.82) is 0 Å². The van der Waals surface area contributed by atoms with Crippen LogP contribution in [0, 0.1) is 11.6 Å².